The van der Waals surface area contributed by atoms with Gasteiger partial charge in [-0.2, -0.15) is 4.98 Å². The monoisotopic (exact) mass is 287 g/mol. The van der Waals surface area contributed by atoms with Crippen LogP contribution in [0.5, 0.6) is 0 Å². The summed E-state index contributed by atoms with van der Waals surface area (Å²) in [4.78, 5) is 12.8. The van der Waals surface area contributed by atoms with Gasteiger partial charge in [-0.1, -0.05) is 31.3 Å². The summed E-state index contributed by atoms with van der Waals surface area (Å²) in [7, 11) is 0. The van der Waals surface area contributed by atoms with Crippen molar-refractivity contribution < 1.29 is 4.52 Å². The van der Waals surface area contributed by atoms with Gasteiger partial charge in [-0.15, -0.1) is 0 Å². The molecule has 1 aliphatic carbocycles. The van der Waals surface area contributed by atoms with Gasteiger partial charge < -0.3 is 9.84 Å². The lowest BCUT2D eigenvalue weighted by Gasteiger charge is -2.22. The van der Waals surface area contributed by atoms with Crippen molar-refractivity contribution in [2.45, 2.75) is 51.0 Å². The summed E-state index contributed by atoms with van der Waals surface area (Å²) in [5, 5.41) is 7.64. The summed E-state index contributed by atoms with van der Waals surface area (Å²) in [5.74, 6) is 1.55. The Bertz CT molecular complexity index is 556. The van der Waals surface area contributed by atoms with Crippen LogP contribution in [0.3, 0.4) is 0 Å². The molecule has 0 bridgehead atoms. The predicted molar refractivity (Wildman–Crippen MR) is 78.6 cm³/mol. The average molecular weight is 287 g/mol. The smallest absolute Gasteiger partial charge is 0.231 e. The minimum Gasteiger partial charge on any atom is -0.339 e. The number of hydrogen-bond donors (Lipinski definition) is 1. The molecule has 0 aliphatic heterocycles. The van der Waals surface area contributed by atoms with Crippen molar-refractivity contribution >= 4 is 0 Å². The Morgan fingerprint density at radius 2 is 2.14 bits per heavy atom. The number of rotatable bonds is 4. The van der Waals surface area contributed by atoms with Crippen molar-refractivity contribution in [3.05, 3.63) is 24.5 Å². The Morgan fingerprint density at radius 3 is 2.95 bits per heavy atom. The zero-order chi connectivity index (χ0) is 14.5. The van der Waals surface area contributed by atoms with Gasteiger partial charge in [0, 0.05) is 18.4 Å². The molecule has 1 fully saturated rings. The zero-order valence-electron chi connectivity index (χ0n) is 12.3. The van der Waals surface area contributed by atoms with E-state index in [0.29, 0.717) is 23.5 Å². The first kappa shape index (κ1) is 14.1. The average Bonchev–Trinajstić information content (AvgIpc) is 2.90. The van der Waals surface area contributed by atoms with E-state index in [1.54, 1.807) is 18.6 Å². The molecular formula is C15H21N5O. The van der Waals surface area contributed by atoms with Crippen molar-refractivity contribution in [1.29, 1.82) is 0 Å². The van der Waals surface area contributed by atoms with Crippen LogP contribution in [-0.2, 0) is 0 Å². The number of aromatic nitrogens is 4. The van der Waals surface area contributed by atoms with E-state index in [9.17, 15) is 0 Å². The van der Waals surface area contributed by atoms with Gasteiger partial charge in [0.1, 0.15) is 5.69 Å². The second kappa shape index (κ2) is 6.76. The van der Waals surface area contributed by atoms with Crippen LogP contribution in [0.1, 0.15) is 50.8 Å². The molecule has 0 aromatic carbocycles. The lowest BCUT2D eigenvalue weighted by Crippen LogP contribution is -2.34. The molecule has 1 saturated carbocycles. The Hall–Kier alpha value is -1.82. The van der Waals surface area contributed by atoms with E-state index >= 15 is 0 Å². The van der Waals surface area contributed by atoms with E-state index in [1.807, 2.05) is 0 Å². The normalized spacial score (nSPS) is 22.9. The molecule has 6 nitrogen and oxygen atoms in total. The first-order valence-corrected chi connectivity index (χ1v) is 7.72. The van der Waals surface area contributed by atoms with E-state index in [2.05, 4.69) is 32.3 Å². The maximum Gasteiger partial charge on any atom is 0.231 e. The molecule has 112 valence electrons. The third kappa shape index (κ3) is 3.26. The predicted octanol–water partition coefficient (Wildman–Crippen LogP) is 2.55. The van der Waals surface area contributed by atoms with Gasteiger partial charge in [0.05, 0.1) is 12.1 Å². The van der Waals surface area contributed by atoms with Gasteiger partial charge in [-0.3, -0.25) is 4.98 Å². The van der Waals surface area contributed by atoms with Gasteiger partial charge in [-0.05, 0) is 19.4 Å². The van der Waals surface area contributed by atoms with Crippen LogP contribution in [-0.4, -0.2) is 32.7 Å². The minimum atomic E-state index is 0.297. The maximum absolute atomic E-state index is 5.52. The third-order valence-corrected chi connectivity index (χ3v) is 4.03. The fourth-order valence-electron chi connectivity index (χ4n) is 3.01. The van der Waals surface area contributed by atoms with Crippen LogP contribution in [0.25, 0.3) is 11.5 Å². The van der Waals surface area contributed by atoms with Gasteiger partial charge in [0.25, 0.3) is 0 Å². The molecular weight excluding hydrogens is 266 g/mol. The summed E-state index contributed by atoms with van der Waals surface area (Å²) in [6.07, 6.45) is 11.0. The van der Waals surface area contributed by atoms with Crippen LogP contribution in [0.4, 0.5) is 0 Å². The van der Waals surface area contributed by atoms with Crippen LogP contribution in [0.15, 0.2) is 23.1 Å². The molecule has 2 aromatic rings. The van der Waals surface area contributed by atoms with Gasteiger partial charge in [0.15, 0.2) is 0 Å². The van der Waals surface area contributed by atoms with Crippen molar-refractivity contribution in [1.82, 2.24) is 25.4 Å². The Balaban J connectivity index is 1.83. The lowest BCUT2D eigenvalue weighted by molar-refractivity contribution is 0.306. The fourth-order valence-corrected chi connectivity index (χ4v) is 3.01. The molecule has 0 radical (unpaired) electrons. The highest BCUT2D eigenvalue weighted by Crippen LogP contribution is 2.31. The quantitative estimate of drug-likeness (QED) is 0.871. The molecule has 2 unspecified atom stereocenters. The zero-order valence-corrected chi connectivity index (χ0v) is 12.3. The highest BCUT2D eigenvalue weighted by atomic mass is 16.5. The van der Waals surface area contributed by atoms with Crippen molar-refractivity contribution in [3.63, 3.8) is 0 Å². The topological polar surface area (TPSA) is 76.7 Å². The molecule has 2 aromatic heterocycles. The van der Waals surface area contributed by atoms with E-state index in [-0.39, 0.29) is 0 Å². The highest BCUT2D eigenvalue weighted by molar-refractivity contribution is 5.45. The molecule has 6 heteroatoms. The summed E-state index contributed by atoms with van der Waals surface area (Å²) < 4.78 is 5.52. The van der Waals surface area contributed by atoms with E-state index in [1.165, 1.54) is 25.7 Å². The first-order valence-electron chi connectivity index (χ1n) is 7.72. The largest absolute Gasteiger partial charge is 0.339 e. The molecule has 0 amide bonds. The Labute approximate surface area is 124 Å². The number of hydrogen-bond acceptors (Lipinski definition) is 6. The lowest BCUT2D eigenvalue weighted by atomic mass is 9.94. The number of nitrogens with one attached hydrogen (secondary N) is 1. The van der Waals surface area contributed by atoms with E-state index in [0.717, 1.165) is 18.9 Å². The van der Waals surface area contributed by atoms with Crippen molar-refractivity contribution in [2.75, 3.05) is 6.54 Å². The summed E-state index contributed by atoms with van der Waals surface area (Å²) in [6.45, 7) is 3.10. The SMILES string of the molecule is CCNC1CCCCCC1c1nc(-c2cnccn2)no1. The molecule has 2 atom stereocenters. The van der Waals surface area contributed by atoms with Crippen molar-refractivity contribution in [2.24, 2.45) is 0 Å². The maximum atomic E-state index is 5.52. The van der Waals surface area contributed by atoms with E-state index in [4.69, 9.17) is 4.52 Å². The van der Waals surface area contributed by atoms with Gasteiger partial charge in [0.2, 0.25) is 11.7 Å². The summed E-state index contributed by atoms with van der Waals surface area (Å²) >= 11 is 0. The molecule has 0 spiro atoms. The van der Waals surface area contributed by atoms with Gasteiger partial charge in [-0.25, -0.2) is 4.98 Å². The molecule has 2 heterocycles. The van der Waals surface area contributed by atoms with Gasteiger partial charge >= 0.3 is 0 Å². The standard InChI is InChI=1S/C15H21N5O/c1-2-17-12-7-5-3-4-6-11(12)15-19-14(20-21-15)13-10-16-8-9-18-13/h8-12,17H,2-7H2,1H3. The number of nitrogens with zero attached hydrogens (tertiary/aromatic N) is 4. The van der Waals surface area contributed by atoms with Crippen LogP contribution in [0, 0.1) is 0 Å². The Kier molecular flexibility index (Phi) is 4.55. The highest BCUT2D eigenvalue weighted by Gasteiger charge is 2.29. The molecule has 3 rings (SSSR count). The molecule has 1 aliphatic rings. The van der Waals surface area contributed by atoms with Crippen LogP contribution in [0.2, 0.25) is 0 Å². The number of likely N-dealkylation sites (N-methyl/N-ethyl adjacent to an activating group) is 1. The second-order valence-corrected chi connectivity index (χ2v) is 5.46. The molecule has 1 N–H and O–H groups in total. The third-order valence-electron chi connectivity index (χ3n) is 4.03. The van der Waals surface area contributed by atoms with Crippen LogP contribution < -0.4 is 5.32 Å². The minimum absolute atomic E-state index is 0.297. The summed E-state index contributed by atoms with van der Waals surface area (Å²) in [6, 6.07) is 0.424. The van der Waals surface area contributed by atoms with Crippen molar-refractivity contribution in [3.8, 4) is 11.5 Å². The van der Waals surface area contributed by atoms with E-state index < -0.39 is 0 Å². The fraction of sp³-hybridized carbons (Fsp3) is 0.600. The molecule has 0 saturated heterocycles. The summed E-state index contributed by atoms with van der Waals surface area (Å²) in [5.41, 5.74) is 0.654. The van der Waals surface area contributed by atoms with Crippen LogP contribution >= 0.6 is 0 Å². The first-order chi connectivity index (χ1) is 10.4. The molecule has 21 heavy (non-hydrogen) atoms. The Morgan fingerprint density at radius 1 is 1.24 bits per heavy atom. The second-order valence-electron chi connectivity index (χ2n) is 5.46.